The van der Waals surface area contributed by atoms with Gasteiger partial charge in [0.15, 0.2) is 0 Å². The van der Waals surface area contributed by atoms with E-state index >= 15 is 0 Å². The Balaban J connectivity index is 0.000000438. The molecule has 0 aromatic heterocycles. The van der Waals surface area contributed by atoms with Crippen LogP contribution in [0, 0.1) is 0 Å². The molecule has 3 rings (SSSR count). The van der Waals surface area contributed by atoms with Crippen molar-refractivity contribution < 1.29 is 9.47 Å². The lowest BCUT2D eigenvalue weighted by Crippen LogP contribution is -2.82. The standard InChI is InChI=1S/C15H19N5O2S.C3H11N3/c1-21-13-7-9(3-5-11(13)16)10-4-6-12(14(8-10)22-2)20-15(17,23)18-19-20;1-3(2,4)6-5/h3-8,18-19,23H,16-17H2,1-2H3;6H,4-5H2,1-2H3/t15-;/m0./s1. The number of nitrogens with one attached hydrogen (secondary N) is 3. The molecular weight excluding hydrogens is 392 g/mol. The van der Waals surface area contributed by atoms with Gasteiger partial charge in [-0.05, 0) is 49.2 Å². The zero-order chi connectivity index (χ0) is 21.8. The smallest absolute Gasteiger partial charge is 0.220 e. The second-order valence-electron chi connectivity index (χ2n) is 7.01. The van der Waals surface area contributed by atoms with Crippen LogP contribution in [-0.2, 0) is 0 Å². The Kier molecular flexibility index (Phi) is 7.19. The second-order valence-corrected chi connectivity index (χ2v) is 7.69. The van der Waals surface area contributed by atoms with Gasteiger partial charge in [0.05, 0.1) is 31.3 Å². The number of nitrogen functional groups attached to an aromatic ring is 1. The van der Waals surface area contributed by atoms with Crippen LogP contribution in [0.2, 0.25) is 0 Å². The number of ether oxygens (including phenoxy) is 2. The first-order valence-corrected chi connectivity index (χ1v) is 9.20. The minimum absolute atomic E-state index is 0.431. The first-order valence-electron chi connectivity index (χ1n) is 8.75. The molecule has 11 heteroatoms. The lowest BCUT2D eigenvalue weighted by molar-refractivity contribution is 0.231. The van der Waals surface area contributed by atoms with Gasteiger partial charge in [0.2, 0.25) is 5.12 Å². The highest BCUT2D eigenvalue weighted by Gasteiger charge is 2.39. The van der Waals surface area contributed by atoms with E-state index in [1.54, 1.807) is 33.1 Å². The van der Waals surface area contributed by atoms with E-state index in [1.165, 1.54) is 0 Å². The van der Waals surface area contributed by atoms with Crippen LogP contribution in [0.4, 0.5) is 11.4 Å². The maximum Gasteiger partial charge on any atom is 0.220 e. The van der Waals surface area contributed by atoms with E-state index in [-0.39, 0.29) is 0 Å². The molecule has 1 fully saturated rings. The Bertz CT molecular complexity index is 841. The summed E-state index contributed by atoms with van der Waals surface area (Å²) < 4.78 is 10.8. The lowest BCUT2D eigenvalue weighted by Gasteiger charge is -2.48. The summed E-state index contributed by atoms with van der Waals surface area (Å²) in [6.07, 6.45) is 0. The molecule has 0 bridgehead atoms. The van der Waals surface area contributed by atoms with Crippen molar-refractivity contribution in [3.05, 3.63) is 36.4 Å². The molecule has 1 atom stereocenters. The number of nitrogens with zero attached hydrogens (tertiary/aromatic N) is 1. The maximum absolute atomic E-state index is 5.96. The van der Waals surface area contributed by atoms with E-state index in [4.69, 9.17) is 32.5 Å². The van der Waals surface area contributed by atoms with E-state index in [0.29, 0.717) is 17.2 Å². The van der Waals surface area contributed by atoms with E-state index in [1.807, 2.05) is 36.4 Å². The largest absolute Gasteiger partial charge is 0.495 e. The molecular formula is C18H30N8O2S. The van der Waals surface area contributed by atoms with Crippen LogP contribution >= 0.6 is 12.6 Å². The number of hydrogen-bond donors (Lipinski definition) is 8. The summed E-state index contributed by atoms with van der Waals surface area (Å²) in [6.45, 7) is 3.57. The Morgan fingerprint density at radius 1 is 1.07 bits per heavy atom. The Morgan fingerprint density at radius 3 is 2.00 bits per heavy atom. The molecule has 1 heterocycles. The van der Waals surface area contributed by atoms with Crippen LogP contribution in [0.5, 0.6) is 11.5 Å². The van der Waals surface area contributed by atoms with Crippen molar-refractivity contribution in [1.29, 1.82) is 0 Å². The normalized spacial score (nSPS) is 18.4. The van der Waals surface area contributed by atoms with E-state index in [0.717, 1.165) is 16.8 Å². The third-order valence-electron chi connectivity index (χ3n) is 4.05. The molecule has 1 saturated heterocycles. The minimum atomic E-state index is -0.973. The first kappa shape index (κ1) is 23.0. The Hall–Kier alpha value is -2.25. The topological polar surface area (TPSA) is 162 Å². The SMILES string of the molecule is CC(C)(N)NN.COc1cc(-c2ccc(N3NN[C@]3(N)S)c(OC)c2)ccc1N. The average molecular weight is 423 g/mol. The Labute approximate surface area is 176 Å². The van der Waals surface area contributed by atoms with Crippen molar-refractivity contribution in [3.8, 4) is 22.6 Å². The Morgan fingerprint density at radius 2 is 1.59 bits per heavy atom. The molecule has 29 heavy (non-hydrogen) atoms. The molecule has 2 aromatic rings. The van der Waals surface area contributed by atoms with Gasteiger partial charge in [0.25, 0.3) is 0 Å². The highest BCUT2D eigenvalue weighted by atomic mass is 32.1. The summed E-state index contributed by atoms with van der Waals surface area (Å²) in [5.41, 5.74) is 28.0. The molecule has 0 spiro atoms. The summed E-state index contributed by atoms with van der Waals surface area (Å²) in [7, 11) is 3.20. The van der Waals surface area contributed by atoms with E-state index in [2.05, 4.69) is 29.0 Å². The van der Waals surface area contributed by atoms with Crippen LogP contribution in [0.25, 0.3) is 11.1 Å². The number of nitrogens with two attached hydrogens (primary N) is 4. The molecule has 0 radical (unpaired) electrons. The van der Waals surface area contributed by atoms with Crippen molar-refractivity contribution in [2.75, 3.05) is 25.0 Å². The molecule has 1 aliphatic rings. The number of rotatable bonds is 5. The van der Waals surface area contributed by atoms with Crippen molar-refractivity contribution in [3.63, 3.8) is 0 Å². The quantitative estimate of drug-likeness (QED) is 0.111. The monoisotopic (exact) mass is 422 g/mol. The molecule has 160 valence electrons. The van der Waals surface area contributed by atoms with Crippen LogP contribution in [-0.4, -0.2) is 25.0 Å². The first-order chi connectivity index (χ1) is 13.5. The minimum Gasteiger partial charge on any atom is -0.495 e. The fourth-order valence-electron chi connectivity index (χ4n) is 2.40. The molecule has 11 N–H and O–H groups in total. The van der Waals surface area contributed by atoms with E-state index in [9.17, 15) is 0 Å². The van der Waals surface area contributed by atoms with Crippen LogP contribution in [0.15, 0.2) is 36.4 Å². The maximum atomic E-state index is 5.96. The fourth-order valence-corrected chi connectivity index (χ4v) is 2.61. The number of anilines is 2. The number of thiol groups is 1. The van der Waals surface area contributed by atoms with Gasteiger partial charge in [0.1, 0.15) is 11.5 Å². The summed E-state index contributed by atoms with van der Waals surface area (Å²) in [5, 5.41) is 0.696. The van der Waals surface area contributed by atoms with Gasteiger partial charge in [-0.3, -0.25) is 11.6 Å². The third-order valence-corrected chi connectivity index (χ3v) is 4.36. The van der Waals surface area contributed by atoms with Gasteiger partial charge in [-0.2, -0.15) is 11.0 Å². The summed E-state index contributed by atoms with van der Waals surface area (Å²) >= 11 is 4.31. The average Bonchev–Trinajstić information content (AvgIpc) is 2.68. The van der Waals surface area contributed by atoms with Crippen molar-refractivity contribution >= 4 is 24.0 Å². The highest BCUT2D eigenvalue weighted by Crippen LogP contribution is 2.37. The number of hydrazine groups is 3. The zero-order valence-electron chi connectivity index (χ0n) is 17.0. The summed E-state index contributed by atoms with van der Waals surface area (Å²) in [6, 6.07) is 11.4. The lowest BCUT2D eigenvalue weighted by atomic mass is 10.0. The highest BCUT2D eigenvalue weighted by molar-refractivity contribution is 7.81. The molecule has 0 aliphatic carbocycles. The predicted molar refractivity (Wildman–Crippen MR) is 120 cm³/mol. The summed E-state index contributed by atoms with van der Waals surface area (Å²) in [4.78, 5) is 0. The van der Waals surface area contributed by atoms with Crippen molar-refractivity contribution in [1.82, 2.24) is 16.4 Å². The molecule has 0 saturated carbocycles. The third kappa shape index (κ3) is 5.64. The van der Waals surface area contributed by atoms with Crippen molar-refractivity contribution in [2.24, 2.45) is 17.3 Å². The van der Waals surface area contributed by atoms with Gasteiger partial charge in [-0.25, -0.2) is 10.4 Å². The van der Waals surface area contributed by atoms with Gasteiger partial charge in [0, 0.05) is 0 Å². The van der Waals surface area contributed by atoms with Crippen molar-refractivity contribution in [2.45, 2.75) is 24.6 Å². The molecule has 0 unspecified atom stereocenters. The number of benzene rings is 2. The van der Waals surface area contributed by atoms with Crippen LogP contribution < -0.4 is 53.9 Å². The number of hydrogen-bond acceptors (Lipinski definition) is 11. The second kappa shape index (κ2) is 9.05. The van der Waals surface area contributed by atoms with Crippen LogP contribution in [0.3, 0.4) is 0 Å². The van der Waals surface area contributed by atoms with Gasteiger partial charge < -0.3 is 20.9 Å². The molecule has 10 nitrogen and oxygen atoms in total. The predicted octanol–water partition coefficient (Wildman–Crippen LogP) is 0.427. The van der Waals surface area contributed by atoms with Gasteiger partial charge >= 0.3 is 0 Å². The van der Waals surface area contributed by atoms with Crippen LogP contribution in [0.1, 0.15) is 13.8 Å². The number of methoxy groups -OCH3 is 2. The molecule has 0 amide bonds. The summed E-state index contributed by atoms with van der Waals surface area (Å²) in [5.74, 6) is 6.23. The molecule has 1 aliphatic heterocycles. The molecule has 2 aromatic carbocycles. The van der Waals surface area contributed by atoms with Gasteiger partial charge in [-0.1, -0.05) is 12.1 Å². The fraction of sp³-hybridized carbons (Fsp3) is 0.333. The van der Waals surface area contributed by atoms with Gasteiger partial charge in [-0.15, -0.1) is 12.6 Å². The zero-order valence-corrected chi connectivity index (χ0v) is 17.9. The van der Waals surface area contributed by atoms with E-state index < -0.39 is 10.8 Å².